The first kappa shape index (κ1) is 18.6. The van der Waals surface area contributed by atoms with Gasteiger partial charge >= 0.3 is 0 Å². The molecule has 27 heavy (non-hydrogen) atoms. The van der Waals surface area contributed by atoms with Crippen LogP contribution in [0.15, 0.2) is 58.7 Å². The molecule has 2 aromatic carbocycles. The third-order valence-corrected chi connectivity index (χ3v) is 5.62. The van der Waals surface area contributed by atoms with E-state index in [0.29, 0.717) is 5.69 Å². The number of nitrogens with zero attached hydrogens (tertiary/aromatic N) is 4. The molecule has 0 aliphatic carbocycles. The van der Waals surface area contributed by atoms with E-state index in [2.05, 4.69) is 10.1 Å². The Hall–Kier alpha value is -3.21. The van der Waals surface area contributed by atoms with Gasteiger partial charge in [-0.3, -0.25) is 9.69 Å². The van der Waals surface area contributed by atoms with Gasteiger partial charge in [-0.25, -0.2) is 17.1 Å². The molecular weight excluding hydrogens is 379 g/mol. The normalized spacial score (nSPS) is 14.2. The van der Waals surface area contributed by atoms with Crippen LogP contribution in [0.5, 0.6) is 0 Å². The average Bonchev–Trinajstić information content (AvgIpc) is 3.03. The number of fused-ring (bicyclic) bond motifs is 1. The van der Waals surface area contributed by atoms with Crippen molar-refractivity contribution in [1.82, 2.24) is 0 Å². The number of para-hydroxylation sites is 2. The molecular formula is C16H15FN4O5S. The lowest BCUT2D eigenvalue weighted by atomic mass is 10.2. The van der Waals surface area contributed by atoms with Crippen molar-refractivity contribution < 1.29 is 27.3 Å². The van der Waals surface area contributed by atoms with E-state index in [9.17, 15) is 22.8 Å². The molecule has 0 aromatic heterocycles. The fourth-order valence-corrected chi connectivity index (χ4v) is 4.07. The largest absolute Gasteiger partial charge is 0.597 e. The van der Waals surface area contributed by atoms with Gasteiger partial charge < -0.3 is 10.0 Å². The van der Waals surface area contributed by atoms with Crippen LogP contribution >= 0.6 is 0 Å². The second-order valence-corrected chi connectivity index (χ2v) is 7.40. The monoisotopic (exact) mass is 394 g/mol. The number of sulfonamides is 1. The quantitative estimate of drug-likeness (QED) is 0.437. The SMILES string of the molecule is CO/N=[N+](/[O-])CC(=O)N1CN(S(=O)(=O)c2ccc(F)cc2)c2ccccc21. The molecule has 142 valence electrons. The fraction of sp³-hybridized carbons (Fsp3) is 0.188. The molecule has 0 fully saturated rings. The number of hydrogen-bond acceptors (Lipinski definition) is 6. The highest BCUT2D eigenvalue weighted by Gasteiger charge is 2.38. The lowest BCUT2D eigenvalue weighted by molar-refractivity contribution is -0.546. The zero-order valence-electron chi connectivity index (χ0n) is 14.1. The van der Waals surface area contributed by atoms with Crippen LogP contribution in [0.2, 0.25) is 0 Å². The fourth-order valence-electron chi connectivity index (χ4n) is 2.66. The van der Waals surface area contributed by atoms with E-state index >= 15 is 0 Å². The number of hydroxylamine groups is 1. The summed E-state index contributed by atoms with van der Waals surface area (Å²) in [6.07, 6.45) is 0. The summed E-state index contributed by atoms with van der Waals surface area (Å²) in [6, 6.07) is 10.7. The summed E-state index contributed by atoms with van der Waals surface area (Å²) in [7, 11) is -2.88. The molecule has 11 heteroatoms. The molecule has 0 N–H and O–H groups in total. The number of halogens is 1. The van der Waals surface area contributed by atoms with E-state index in [-0.39, 0.29) is 22.1 Å². The van der Waals surface area contributed by atoms with Gasteiger partial charge in [-0.2, -0.15) is 0 Å². The second kappa shape index (κ2) is 7.19. The minimum Gasteiger partial charge on any atom is -0.597 e. The number of hydrogen-bond donors (Lipinski definition) is 0. The van der Waals surface area contributed by atoms with E-state index in [0.717, 1.165) is 40.6 Å². The first-order valence-electron chi connectivity index (χ1n) is 7.71. The van der Waals surface area contributed by atoms with Gasteiger partial charge in [0, 0.05) is 0 Å². The van der Waals surface area contributed by atoms with Gasteiger partial charge in [0.05, 0.1) is 16.3 Å². The van der Waals surface area contributed by atoms with Crippen molar-refractivity contribution in [1.29, 1.82) is 0 Å². The Labute approximate surface area is 154 Å². The van der Waals surface area contributed by atoms with E-state index < -0.39 is 28.3 Å². The van der Waals surface area contributed by atoms with Crippen molar-refractivity contribution >= 4 is 27.3 Å². The van der Waals surface area contributed by atoms with Crippen LogP contribution in [-0.2, 0) is 19.7 Å². The summed E-state index contributed by atoms with van der Waals surface area (Å²) in [5.74, 6) is -1.22. The van der Waals surface area contributed by atoms with Gasteiger partial charge in [0.25, 0.3) is 22.5 Å². The second-order valence-electron chi connectivity index (χ2n) is 5.53. The summed E-state index contributed by atoms with van der Waals surface area (Å²) in [5, 5.41) is 14.5. The number of benzene rings is 2. The third-order valence-electron chi connectivity index (χ3n) is 3.86. The number of carbonyl (C=O) groups is 1. The molecule has 1 aliphatic heterocycles. The Morgan fingerprint density at radius 1 is 1.22 bits per heavy atom. The molecule has 0 saturated carbocycles. The van der Waals surface area contributed by atoms with Gasteiger partial charge in [0.15, 0.2) is 5.28 Å². The van der Waals surface area contributed by atoms with Crippen molar-refractivity contribution in [3.8, 4) is 0 Å². The van der Waals surface area contributed by atoms with Crippen molar-refractivity contribution in [2.45, 2.75) is 4.90 Å². The maximum atomic E-state index is 13.1. The number of rotatable bonds is 5. The number of amides is 1. The molecule has 0 spiro atoms. The summed E-state index contributed by atoms with van der Waals surface area (Å²) in [4.78, 5) is 17.9. The number of carbonyl (C=O) groups excluding carboxylic acids is 1. The van der Waals surface area contributed by atoms with Crippen LogP contribution in [0.25, 0.3) is 0 Å². The first-order valence-corrected chi connectivity index (χ1v) is 9.15. The Balaban J connectivity index is 1.96. The summed E-state index contributed by atoms with van der Waals surface area (Å²) >= 11 is 0. The highest BCUT2D eigenvalue weighted by Crippen LogP contribution is 2.39. The Kier molecular flexibility index (Phi) is 4.95. The predicted octanol–water partition coefficient (Wildman–Crippen LogP) is 1.85. The zero-order valence-corrected chi connectivity index (χ0v) is 15.0. The Bertz CT molecular complexity index is 994. The van der Waals surface area contributed by atoms with Crippen LogP contribution in [0.1, 0.15) is 0 Å². The molecule has 1 heterocycles. The molecule has 0 radical (unpaired) electrons. The first-order chi connectivity index (χ1) is 12.8. The van der Waals surface area contributed by atoms with Crippen molar-refractivity contribution in [3.63, 3.8) is 0 Å². The summed E-state index contributed by atoms with van der Waals surface area (Å²) in [5.41, 5.74) is 0.607. The van der Waals surface area contributed by atoms with Crippen LogP contribution in [0.3, 0.4) is 0 Å². The molecule has 0 unspecified atom stereocenters. The smallest absolute Gasteiger partial charge is 0.298 e. The minimum atomic E-state index is -4.04. The van der Waals surface area contributed by atoms with Crippen LogP contribution in [0, 0.1) is 11.0 Å². The van der Waals surface area contributed by atoms with Gasteiger partial charge in [-0.1, -0.05) is 12.1 Å². The molecule has 0 saturated heterocycles. The zero-order chi connectivity index (χ0) is 19.6. The van der Waals surface area contributed by atoms with Crippen LogP contribution in [-0.4, -0.2) is 39.5 Å². The number of anilines is 2. The molecule has 0 bridgehead atoms. The van der Waals surface area contributed by atoms with Gasteiger partial charge in [0.1, 0.15) is 19.6 Å². The summed E-state index contributed by atoms with van der Waals surface area (Å²) in [6.45, 7) is -0.967. The van der Waals surface area contributed by atoms with Gasteiger partial charge in [0.2, 0.25) is 0 Å². The van der Waals surface area contributed by atoms with E-state index in [1.807, 2.05) is 0 Å². The molecule has 1 amide bonds. The van der Waals surface area contributed by atoms with E-state index in [1.165, 1.54) is 6.07 Å². The van der Waals surface area contributed by atoms with Crippen molar-refractivity contribution in [2.75, 3.05) is 29.5 Å². The van der Waals surface area contributed by atoms with Crippen LogP contribution in [0.4, 0.5) is 15.8 Å². The lowest BCUT2D eigenvalue weighted by Gasteiger charge is -2.20. The highest BCUT2D eigenvalue weighted by molar-refractivity contribution is 7.92. The van der Waals surface area contributed by atoms with Gasteiger partial charge in [-0.05, 0) is 41.3 Å². The molecule has 1 aliphatic rings. The topological polar surface area (TPSA) is 105 Å². The third kappa shape index (κ3) is 3.53. The Morgan fingerprint density at radius 2 is 1.85 bits per heavy atom. The highest BCUT2D eigenvalue weighted by atomic mass is 32.2. The standard InChI is InChI=1S/C16H15FN4O5S/c1-26-18-21(23)10-16(22)19-11-20(15-5-3-2-4-14(15)19)27(24,25)13-8-6-12(17)7-9-13/h2-9H,10-11H2,1H3/b21-18+. The summed E-state index contributed by atoms with van der Waals surface area (Å²) < 4.78 is 40.1. The molecule has 9 nitrogen and oxygen atoms in total. The van der Waals surface area contributed by atoms with Crippen molar-refractivity contribution in [2.24, 2.45) is 5.28 Å². The lowest BCUT2D eigenvalue weighted by Crippen LogP contribution is -2.41. The molecule has 0 atom stereocenters. The average molecular weight is 394 g/mol. The Morgan fingerprint density at radius 3 is 2.48 bits per heavy atom. The van der Waals surface area contributed by atoms with E-state index in [4.69, 9.17) is 0 Å². The molecule has 2 aromatic rings. The van der Waals surface area contributed by atoms with Crippen LogP contribution < -0.4 is 9.21 Å². The van der Waals surface area contributed by atoms with E-state index in [1.54, 1.807) is 18.2 Å². The maximum Gasteiger partial charge on any atom is 0.298 e. The molecule has 3 rings (SSSR count). The van der Waals surface area contributed by atoms with Gasteiger partial charge in [-0.15, -0.1) is 0 Å². The predicted molar refractivity (Wildman–Crippen MR) is 92.8 cm³/mol. The van der Waals surface area contributed by atoms with Crippen molar-refractivity contribution in [3.05, 3.63) is 59.6 Å². The maximum absolute atomic E-state index is 13.1. The minimum absolute atomic E-state index is 0.0576.